The Labute approximate surface area is 104 Å². The molecule has 1 atom stereocenters. The number of aliphatic hydroxyl groups is 1. The molecule has 4 nitrogen and oxygen atoms in total. The lowest BCUT2D eigenvalue weighted by Gasteiger charge is -2.03. The summed E-state index contributed by atoms with van der Waals surface area (Å²) in [7, 11) is 0. The number of hydrogen-bond acceptors (Lipinski definition) is 3. The van der Waals surface area contributed by atoms with Crippen molar-refractivity contribution in [2.45, 2.75) is 13.0 Å². The molecule has 1 unspecified atom stereocenters. The van der Waals surface area contributed by atoms with Gasteiger partial charge in [-0.3, -0.25) is 0 Å². The molecule has 0 spiro atoms. The van der Waals surface area contributed by atoms with Crippen LogP contribution in [0.4, 0.5) is 8.78 Å². The smallest absolute Gasteiger partial charge is 0.150 e. The van der Waals surface area contributed by atoms with Crippen molar-refractivity contribution in [3.8, 4) is 5.69 Å². The average Bonchev–Trinajstić information content (AvgIpc) is 2.72. The summed E-state index contributed by atoms with van der Waals surface area (Å²) in [5.41, 5.74) is 0.220. The Balaban J connectivity index is 2.49. The Bertz CT molecular complexity index is 556. The largest absolute Gasteiger partial charge is 0.387 e. The molecule has 1 heterocycles. The molecule has 0 aliphatic carbocycles. The van der Waals surface area contributed by atoms with Gasteiger partial charge in [0, 0.05) is 6.07 Å². The van der Waals surface area contributed by atoms with Crippen LogP contribution < -0.4 is 0 Å². The lowest BCUT2D eigenvalue weighted by Crippen LogP contribution is -2.00. The number of aromatic nitrogens is 3. The third-order valence-corrected chi connectivity index (χ3v) is 2.78. The highest BCUT2D eigenvalue weighted by Gasteiger charge is 2.13. The molecule has 0 radical (unpaired) electrons. The molecule has 17 heavy (non-hydrogen) atoms. The van der Waals surface area contributed by atoms with Crippen LogP contribution in [0.3, 0.4) is 0 Å². The molecule has 0 aliphatic rings. The van der Waals surface area contributed by atoms with E-state index < -0.39 is 17.7 Å². The van der Waals surface area contributed by atoms with E-state index >= 15 is 0 Å². The first-order chi connectivity index (χ1) is 7.99. The molecule has 2 rings (SSSR count). The first-order valence-electron chi connectivity index (χ1n) is 4.74. The second kappa shape index (κ2) is 4.50. The molecule has 2 aromatic rings. The average molecular weight is 304 g/mol. The molecular weight excluding hydrogens is 296 g/mol. The van der Waals surface area contributed by atoms with E-state index in [4.69, 9.17) is 0 Å². The first-order valence-corrected chi connectivity index (χ1v) is 5.53. The van der Waals surface area contributed by atoms with Crippen molar-refractivity contribution in [3.05, 3.63) is 40.1 Å². The number of aliphatic hydroxyl groups excluding tert-OH is 1. The zero-order valence-corrected chi connectivity index (χ0v) is 10.3. The van der Waals surface area contributed by atoms with Crippen molar-refractivity contribution in [1.82, 2.24) is 15.0 Å². The molecule has 1 aromatic heterocycles. The summed E-state index contributed by atoms with van der Waals surface area (Å²) in [5.74, 6) is -1.24. The summed E-state index contributed by atoms with van der Waals surface area (Å²) < 4.78 is 28.0. The molecule has 0 bridgehead atoms. The van der Waals surface area contributed by atoms with Crippen LogP contribution in [-0.2, 0) is 0 Å². The maximum atomic E-state index is 13.6. The minimum atomic E-state index is -0.813. The van der Waals surface area contributed by atoms with Gasteiger partial charge in [-0.25, -0.2) is 13.5 Å². The Morgan fingerprint density at radius 3 is 2.65 bits per heavy atom. The molecular formula is C10H8BrF2N3O. The second-order valence-electron chi connectivity index (χ2n) is 3.48. The van der Waals surface area contributed by atoms with E-state index in [9.17, 15) is 13.9 Å². The fourth-order valence-electron chi connectivity index (χ4n) is 1.27. The lowest BCUT2D eigenvalue weighted by molar-refractivity contribution is 0.194. The third-order valence-electron chi connectivity index (χ3n) is 2.18. The molecule has 7 heteroatoms. The number of halogens is 3. The van der Waals surface area contributed by atoms with Crippen molar-refractivity contribution in [3.63, 3.8) is 0 Å². The van der Waals surface area contributed by atoms with Crippen LogP contribution in [-0.4, -0.2) is 20.1 Å². The van der Waals surface area contributed by atoms with E-state index in [2.05, 4.69) is 26.2 Å². The van der Waals surface area contributed by atoms with Crippen LogP contribution in [0.1, 0.15) is 18.7 Å². The molecule has 0 amide bonds. The number of benzene rings is 1. The van der Waals surface area contributed by atoms with Gasteiger partial charge < -0.3 is 5.11 Å². The Morgan fingerprint density at radius 1 is 1.35 bits per heavy atom. The van der Waals surface area contributed by atoms with Gasteiger partial charge in [0.25, 0.3) is 0 Å². The zero-order valence-electron chi connectivity index (χ0n) is 8.73. The van der Waals surface area contributed by atoms with Gasteiger partial charge in [-0.1, -0.05) is 5.21 Å². The van der Waals surface area contributed by atoms with Crippen LogP contribution >= 0.6 is 15.9 Å². The highest BCUT2D eigenvalue weighted by Crippen LogP contribution is 2.22. The summed E-state index contributed by atoms with van der Waals surface area (Å²) in [5, 5.41) is 16.5. The van der Waals surface area contributed by atoms with E-state index in [1.807, 2.05) is 0 Å². The van der Waals surface area contributed by atoms with Gasteiger partial charge in [0.15, 0.2) is 0 Å². The van der Waals surface area contributed by atoms with Gasteiger partial charge in [0.2, 0.25) is 0 Å². The van der Waals surface area contributed by atoms with E-state index in [0.29, 0.717) is 0 Å². The van der Waals surface area contributed by atoms with Crippen LogP contribution in [0.25, 0.3) is 5.69 Å². The number of hydrogen-bond donors (Lipinski definition) is 1. The molecule has 90 valence electrons. The van der Waals surface area contributed by atoms with Crippen molar-refractivity contribution in [1.29, 1.82) is 0 Å². The molecule has 1 aromatic carbocycles. The van der Waals surface area contributed by atoms with E-state index in [0.717, 1.165) is 16.8 Å². The minimum absolute atomic E-state index is 0.0367. The standard InChI is InChI=1S/C10H8BrF2N3O/c1-5(17)9-4-16(15-14-9)10-3-7(12)6(11)2-8(10)13/h2-5,17H,1H3. The predicted molar refractivity (Wildman–Crippen MR) is 59.6 cm³/mol. The zero-order chi connectivity index (χ0) is 12.6. The van der Waals surface area contributed by atoms with Crippen molar-refractivity contribution >= 4 is 15.9 Å². The van der Waals surface area contributed by atoms with E-state index in [-0.39, 0.29) is 15.9 Å². The van der Waals surface area contributed by atoms with E-state index in [1.54, 1.807) is 0 Å². The quantitative estimate of drug-likeness (QED) is 0.867. The normalized spacial score (nSPS) is 12.8. The van der Waals surface area contributed by atoms with E-state index in [1.165, 1.54) is 13.1 Å². The molecule has 0 saturated heterocycles. The van der Waals surface area contributed by atoms with Crippen LogP contribution in [0.5, 0.6) is 0 Å². The first kappa shape index (κ1) is 12.1. The van der Waals surface area contributed by atoms with Gasteiger partial charge >= 0.3 is 0 Å². The summed E-state index contributed by atoms with van der Waals surface area (Å²) >= 11 is 2.88. The number of nitrogens with zero attached hydrogens (tertiary/aromatic N) is 3. The van der Waals surface area contributed by atoms with Crippen molar-refractivity contribution in [2.75, 3.05) is 0 Å². The molecule has 1 N–H and O–H groups in total. The maximum Gasteiger partial charge on any atom is 0.150 e. The molecule has 0 saturated carbocycles. The van der Waals surface area contributed by atoms with Gasteiger partial charge in [0.05, 0.1) is 16.8 Å². The van der Waals surface area contributed by atoms with Gasteiger partial charge in [-0.05, 0) is 28.9 Å². The summed E-state index contributed by atoms with van der Waals surface area (Å²) in [6.45, 7) is 1.51. The van der Waals surface area contributed by atoms with Crippen molar-refractivity contribution < 1.29 is 13.9 Å². The Morgan fingerprint density at radius 2 is 2.06 bits per heavy atom. The Kier molecular flexibility index (Phi) is 3.21. The van der Waals surface area contributed by atoms with Crippen LogP contribution in [0, 0.1) is 11.6 Å². The van der Waals surface area contributed by atoms with Crippen LogP contribution in [0.2, 0.25) is 0 Å². The highest BCUT2D eigenvalue weighted by molar-refractivity contribution is 9.10. The SMILES string of the molecule is CC(O)c1cn(-c2cc(F)c(Br)cc2F)nn1. The molecule has 0 aliphatic heterocycles. The van der Waals surface area contributed by atoms with Crippen molar-refractivity contribution in [2.24, 2.45) is 0 Å². The fourth-order valence-corrected chi connectivity index (χ4v) is 1.59. The van der Waals surface area contributed by atoms with Gasteiger partial charge in [0.1, 0.15) is 23.0 Å². The summed E-state index contributed by atoms with van der Waals surface area (Å²) in [6.07, 6.45) is 0.531. The third kappa shape index (κ3) is 2.34. The predicted octanol–water partition coefficient (Wildman–Crippen LogP) is 2.36. The summed E-state index contributed by atoms with van der Waals surface area (Å²) in [4.78, 5) is 0. The molecule has 0 fully saturated rings. The monoisotopic (exact) mass is 303 g/mol. The lowest BCUT2D eigenvalue weighted by atomic mass is 10.3. The fraction of sp³-hybridized carbons (Fsp3) is 0.200. The van der Waals surface area contributed by atoms with Gasteiger partial charge in [-0.2, -0.15) is 0 Å². The topological polar surface area (TPSA) is 50.9 Å². The van der Waals surface area contributed by atoms with Gasteiger partial charge in [-0.15, -0.1) is 5.10 Å². The second-order valence-corrected chi connectivity index (χ2v) is 4.34. The highest BCUT2D eigenvalue weighted by atomic mass is 79.9. The number of rotatable bonds is 2. The maximum absolute atomic E-state index is 13.6. The van der Waals surface area contributed by atoms with Crippen LogP contribution in [0.15, 0.2) is 22.8 Å². The summed E-state index contributed by atoms with van der Waals surface area (Å²) in [6, 6.07) is 2.01. The Hall–Kier alpha value is -1.34. The minimum Gasteiger partial charge on any atom is -0.387 e.